The quantitative estimate of drug-likeness (QED) is 0.834. The Morgan fingerprint density at radius 3 is 2.65 bits per heavy atom. The van der Waals surface area contributed by atoms with Crippen LogP contribution in [0.4, 0.5) is 10.1 Å². The van der Waals surface area contributed by atoms with E-state index in [0.717, 1.165) is 0 Å². The highest BCUT2D eigenvalue weighted by Gasteiger charge is 2.44. The number of carbonyl (C=O) groups excluding carboxylic acids is 2. The first-order chi connectivity index (χ1) is 12.3. The lowest BCUT2D eigenvalue weighted by molar-refractivity contribution is -0.148. The Balaban J connectivity index is 1.72. The minimum Gasteiger partial charge on any atom is -0.480 e. The van der Waals surface area contributed by atoms with Crippen molar-refractivity contribution < 1.29 is 23.9 Å². The van der Waals surface area contributed by atoms with Gasteiger partial charge in [-0.1, -0.05) is 0 Å². The highest BCUT2D eigenvalue weighted by Crippen LogP contribution is 2.30. The first kappa shape index (κ1) is 18.7. The predicted molar refractivity (Wildman–Crippen MR) is 96.7 cm³/mol. The maximum Gasteiger partial charge on any atom is 0.329 e. The number of amides is 2. The average molecular weight is 380 g/mol. The largest absolute Gasteiger partial charge is 0.480 e. The molecule has 0 aliphatic carbocycles. The van der Waals surface area contributed by atoms with Gasteiger partial charge in [-0.3, -0.25) is 9.59 Å². The molecule has 6 nitrogen and oxygen atoms in total. The van der Waals surface area contributed by atoms with E-state index < -0.39 is 23.3 Å². The van der Waals surface area contributed by atoms with Crippen molar-refractivity contribution in [2.24, 2.45) is 5.92 Å². The van der Waals surface area contributed by atoms with Gasteiger partial charge in [-0.25, -0.2) is 9.18 Å². The molecule has 1 aromatic rings. The van der Waals surface area contributed by atoms with Crippen molar-refractivity contribution in [2.45, 2.75) is 31.7 Å². The van der Waals surface area contributed by atoms with Crippen LogP contribution < -0.4 is 10.2 Å². The van der Waals surface area contributed by atoms with Gasteiger partial charge in [0.25, 0.3) is 0 Å². The van der Waals surface area contributed by atoms with Crippen LogP contribution in [-0.2, 0) is 14.4 Å². The fourth-order valence-corrected chi connectivity index (χ4v) is 4.57. The molecule has 2 N–H and O–H groups in total. The molecule has 140 valence electrons. The summed E-state index contributed by atoms with van der Waals surface area (Å²) in [5.41, 5.74) is -0.274. The molecule has 3 rings (SSSR count). The van der Waals surface area contributed by atoms with Crippen molar-refractivity contribution in [1.82, 2.24) is 5.32 Å². The summed E-state index contributed by atoms with van der Waals surface area (Å²) in [6, 6.07) is 4.38. The predicted octanol–water partition coefficient (Wildman–Crippen LogP) is 1.95. The van der Waals surface area contributed by atoms with Crippen molar-refractivity contribution >= 4 is 35.2 Å². The second-order valence-corrected chi connectivity index (χ2v) is 8.05. The zero-order chi connectivity index (χ0) is 18.9. The number of benzene rings is 1. The third kappa shape index (κ3) is 3.56. The Bertz CT molecular complexity index is 749. The minimum atomic E-state index is -1.24. The summed E-state index contributed by atoms with van der Waals surface area (Å²) in [7, 11) is 0. The molecule has 1 unspecified atom stereocenters. The molecule has 2 aliphatic rings. The number of anilines is 1. The fraction of sp³-hybridized carbons (Fsp3) is 0.500. The van der Waals surface area contributed by atoms with Crippen LogP contribution in [0.1, 0.15) is 24.8 Å². The molecule has 0 saturated carbocycles. The van der Waals surface area contributed by atoms with Gasteiger partial charge in [0, 0.05) is 18.7 Å². The maximum absolute atomic E-state index is 13.4. The summed E-state index contributed by atoms with van der Waals surface area (Å²) in [6.45, 7) is 1.78. The number of nitrogens with zero attached hydrogens (tertiary/aromatic N) is 1. The maximum atomic E-state index is 13.4. The molecular formula is C18H21FN2O4S. The summed E-state index contributed by atoms with van der Waals surface area (Å²) in [6.07, 6.45) is 0.771. The number of nitrogens with one attached hydrogen (secondary N) is 1. The number of aliphatic carboxylic acids is 1. The average Bonchev–Trinajstić information content (AvgIpc) is 3.00. The smallest absolute Gasteiger partial charge is 0.329 e. The number of carboxylic acid groups (broad SMARTS) is 1. The zero-order valence-corrected chi connectivity index (χ0v) is 15.3. The van der Waals surface area contributed by atoms with Crippen LogP contribution in [0.15, 0.2) is 18.2 Å². The Morgan fingerprint density at radius 2 is 2.04 bits per heavy atom. The van der Waals surface area contributed by atoms with Crippen LogP contribution in [0.2, 0.25) is 0 Å². The summed E-state index contributed by atoms with van der Waals surface area (Å²) in [5.74, 6) is -1.27. The number of carbonyl (C=O) groups is 3. The molecule has 0 radical (unpaired) electrons. The number of carboxylic acids is 1. The third-order valence-electron chi connectivity index (χ3n) is 5.07. The number of thioether (sulfide) groups is 1. The molecule has 1 aromatic carbocycles. The standard InChI is InChI=1S/C18H21FN2O4S/c1-11-8-13(2-3-14(11)19)21-10-12(9-15(21)22)16(23)20-18(17(24)25)4-6-26-7-5-18/h2-3,8,12H,4-7,9-10H2,1H3,(H,20,23)(H,24,25). The van der Waals surface area contributed by atoms with Gasteiger partial charge in [0.15, 0.2) is 0 Å². The Kier molecular flexibility index (Phi) is 5.22. The molecule has 1 atom stereocenters. The number of hydrogen-bond donors (Lipinski definition) is 2. The van der Waals surface area contributed by atoms with Gasteiger partial charge in [0.1, 0.15) is 11.4 Å². The topological polar surface area (TPSA) is 86.7 Å². The van der Waals surface area contributed by atoms with Crippen LogP contribution in [0.3, 0.4) is 0 Å². The van der Waals surface area contributed by atoms with Crippen molar-refractivity contribution in [3.63, 3.8) is 0 Å². The molecule has 0 aromatic heterocycles. The van der Waals surface area contributed by atoms with Gasteiger partial charge < -0.3 is 15.3 Å². The van der Waals surface area contributed by atoms with Crippen LogP contribution >= 0.6 is 11.8 Å². The highest BCUT2D eigenvalue weighted by atomic mass is 32.2. The lowest BCUT2D eigenvalue weighted by Gasteiger charge is -2.34. The van der Waals surface area contributed by atoms with Gasteiger partial charge in [-0.05, 0) is 55.0 Å². The number of aryl methyl sites for hydroxylation is 1. The monoisotopic (exact) mass is 380 g/mol. The number of halogens is 1. The minimum absolute atomic E-state index is 0.0205. The molecule has 2 fully saturated rings. The van der Waals surface area contributed by atoms with Gasteiger partial charge in [0.05, 0.1) is 5.92 Å². The van der Waals surface area contributed by atoms with Gasteiger partial charge in [0.2, 0.25) is 11.8 Å². The summed E-state index contributed by atoms with van der Waals surface area (Å²) in [4.78, 5) is 38.1. The van der Waals surface area contributed by atoms with Gasteiger partial charge in [-0.2, -0.15) is 11.8 Å². The van der Waals surface area contributed by atoms with E-state index in [1.807, 2.05) is 0 Å². The molecule has 2 aliphatic heterocycles. The lowest BCUT2D eigenvalue weighted by Crippen LogP contribution is -2.58. The van der Waals surface area contributed by atoms with Crippen LogP contribution in [-0.4, -0.2) is 46.5 Å². The third-order valence-corrected chi connectivity index (χ3v) is 6.05. The van der Waals surface area contributed by atoms with E-state index in [1.165, 1.54) is 17.0 Å². The van der Waals surface area contributed by atoms with E-state index in [2.05, 4.69) is 5.32 Å². The van der Waals surface area contributed by atoms with Crippen LogP contribution in [0, 0.1) is 18.7 Å². The second-order valence-electron chi connectivity index (χ2n) is 6.83. The summed E-state index contributed by atoms with van der Waals surface area (Å²) < 4.78 is 13.4. The fourth-order valence-electron chi connectivity index (χ4n) is 3.38. The Hall–Kier alpha value is -2.09. The van der Waals surface area contributed by atoms with Crippen LogP contribution in [0.25, 0.3) is 0 Å². The summed E-state index contributed by atoms with van der Waals surface area (Å²) in [5, 5.41) is 12.3. The Labute approximate surface area is 155 Å². The Morgan fingerprint density at radius 1 is 1.35 bits per heavy atom. The van der Waals surface area contributed by atoms with Crippen LogP contribution in [0.5, 0.6) is 0 Å². The van der Waals surface area contributed by atoms with E-state index in [0.29, 0.717) is 35.6 Å². The van der Waals surface area contributed by atoms with Crippen molar-refractivity contribution in [2.75, 3.05) is 23.0 Å². The van der Waals surface area contributed by atoms with Gasteiger partial charge >= 0.3 is 5.97 Å². The first-order valence-corrected chi connectivity index (χ1v) is 9.67. The second kappa shape index (κ2) is 7.26. The molecule has 2 saturated heterocycles. The number of rotatable bonds is 4. The van der Waals surface area contributed by atoms with Crippen molar-refractivity contribution in [3.8, 4) is 0 Å². The summed E-state index contributed by atoms with van der Waals surface area (Å²) >= 11 is 1.67. The normalized spacial score (nSPS) is 22.3. The highest BCUT2D eigenvalue weighted by molar-refractivity contribution is 7.99. The van der Waals surface area contributed by atoms with E-state index >= 15 is 0 Å². The molecule has 8 heteroatoms. The molecule has 26 heavy (non-hydrogen) atoms. The lowest BCUT2D eigenvalue weighted by atomic mass is 9.91. The zero-order valence-electron chi connectivity index (χ0n) is 14.5. The van der Waals surface area contributed by atoms with Crippen molar-refractivity contribution in [3.05, 3.63) is 29.6 Å². The number of hydrogen-bond acceptors (Lipinski definition) is 4. The molecule has 2 heterocycles. The molecule has 0 spiro atoms. The van der Waals surface area contributed by atoms with Crippen molar-refractivity contribution in [1.29, 1.82) is 0 Å². The molecular weight excluding hydrogens is 359 g/mol. The molecule has 2 amide bonds. The van der Waals surface area contributed by atoms with E-state index in [9.17, 15) is 23.9 Å². The SMILES string of the molecule is Cc1cc(N2CC(C(=O)NC3(C(=O)O)CCSCC3)CC2=O)ccc1F. The van der Waals surface area contributed by atoms with Gasteiger partial charge in [-0.15, -0.1) is 0 Å². The first-order valence-electron chi connectivity index (χ1n) is 8.52. The van der Waals surface area contributed by atoms with E-state index in [1.54, 1.807) is 24.8 Å². The molecule has 0 bridgehead atoms. The van der Waals surface area contributed by atoms with E-state index in [-0.39, 0.29) is 24.7 Å². The van der Waals surface area contributed by atoms with E-state index in [4.69, 9.17) is 0 Å².